The summed E-state index contributed by atoms with van der Waals surface area (Å²) in [5.41, 5.74) is 0.757. The van der Waals surface area contributed by atoms with E-state index in [9.17, 15) is 5.11 Å². The lowest BCUT2D eigenvalue weighted by Crippen LogP contribution is -2.13. The van der Waals surface area contributed by atoms with Gasteiger partial charge in [-0.2, -0.15) is 0 Å². The Hall–Kier alpha value is -0.660. The van der Waals surface area contributed by atoms with Gasteiger partial charge in [-0.1, -0.05) is 15.9 Å². The van der Waals surface area contributed by atoms with Crippen LogP contribution in [0.3, 0.4) is 0 Å². The fraction of sp³-hybridized carbons (Fsp3) is 0.600. The first-order chi connectivity index (χ1) is 10.1. The molecule has 0 aliphatic carbocycles. The van der Waals surface area contributed by atoms with Crippen molar-refractivity contribution in [3.63, 3.8) is 0 Å². The normalized spacial score (nSPS) is 12.4. The number of rotatable bonds is 11. The number of methoxy groups -OCH3 is 1. The van der Waals surface area contributed by atoms with Gasteiger partial charge in [0.1, 0.15) is 12.4 Å². The van der Waals surface area contributed by atoms with Gasteiger partial charge in [-0.25, -0.2) is 0 Å². The van der Waals surface area contributed by atoms with Gasteiger partial charge in [0.2, 0.25) is 0 Å². The first-order valence-electron chi connectivity index (χ1n) is 6.90. The van der Waals surface area contributed by atoms with Crippen LogP contribution in [0.25, 0.3) is 0 Å². The smallest absolute Gasteiger partial charge is 0.125 e. The monoisotopic (exact) mass is 362 g/mol. The average molecular weight is 363 g/mol. The standard InChI is InChI=1S/C15H23BrO5/c1-12(17)14-11-13(16)3-4-15(14)21-10-9-20-8-7-19-6-5-18-2/h3-4,11-12,17H,5-10H2,1-2H3/t12-/m1/s1. The number of hydrogen-bond acceptors (Lipinski definition) is 5. The van der Waals surface area contributed by atoms with Gasteiger partial charge >= 0.3 is 0 Å². The number of aliphatic hydroxyl groups excluding tert-OH is 1. The highest BCUT2D eigenvalue weighted by atomic mass is 79.9. The van der Waals surface area contributed by atoms with E-state index in [1.807, 2.05) is 18.2 Å². The van der Waals surface area contributed by atoms with Gasteiger partial charge in [0.05, 0.1) is 39.1 Å². The average Bonchev–Trinajstić information content (AvgIpc) is 2.46. The maximum absolute atomic E-state index is 9.71. The van der Waals surface area contributed by atoms with Crippen LogP contribution in [0, 0.1) is 0 Å². The Morgan fingerprint density at radius 1 is 1.05 bits per heavy atom. The Labute approximate surface area is 134 Å². The number of hydrogen-bond donors (Lipinski definition) is 1. The van der Waals surface area contributed by atoms with E-state index < -0.39 is 6.10 Å². The number of halogens is 1. The minimum atomic E-state index is -0.576. The minimum Gasteiger partial charge on any atom is -0.491 e. The lowest BCUT2D eigenvalue weighted by molar-refractivity contribution is 0.0177. The molecule has 1 aromatic carbocycles. The molecule has 0 spiro atoms. The molecule has 6 heteroatoms. The molecule has 1 aromatic rings. The second-order valence-electron chi connectivity index (χ2n) is 4.42. The van der Waals surface area contributed by atoms with Crippen molar-refractivity contribution in [2.45, 2.75) is 13.0 Å². The summed E-state index contributed by atoms with van der Waals surface area (Å²) < 4.78 is 22.1. The van der Waals surface area contributed by atoms with E-state index in [-0.39, 0.29) is 0 Å². The number of aliphatic hydroxyl groups is 1. The van der Waals surface area contributed by atoms with Crippen LogP contribution in [0.1, 0.15) is 18.6 Å². The summed E-state index contributed by atoms with van der Waals surface area (Å²) in [6.45, 7) is 4.85. The van der Waals surface area contributed by atoms with Crippen molar-refractivity contribution in [3.8, 4) is 5.75 Å². The highest BCUT2D eigenvalue weighted by Crippen LogP contribution is 2.28. The van der Waals surface area contributed by atoms with Gasteiger partial charge in [-0.05, 0) is 25.1 Å². The second-order valence-corrected chi connectivity index (χ2v) is 5.34. The van der Waals surface area contributed by atoms with Crippen molar-refractivity contribution < 1.29 is 24.1 Å². The summed E-state index contributed by atoms with van der Waals surface area (Å²) in [6.07, 6.45) is -0.576. The Morgan fingerprint density at radius 2 is 1.67 bits per heavy atom. The molecule has 1 atom stereocenters. The van der Waals surface area contributed by atoms with Crippen molar-refractivity contribution in [3.05, 3.63) is 28.2 Å². The maximum Gasteiger partial charge on any atom is 0.125 e. The lowest BCUT2D eigenvalue weighted by Gasteiger charge is -2.14. The van der Waals surface area contributed by atoms with E-state index in [2.05, 4.69) is 15.9 Å². The molecule has 0 unspecified atom stereocenters. The summed E-state index contributed by atoms with van der Waals surface area (Å²) in [6, 6.07) is 5.57. The van der Waals surface area contributed by atoms with E-state index in [0.717, 1.165) is 10.0 Å². The second kappa shape index (κ2) is 11.0. The molecule has 1 N–H and O–H groups in total. The fourth-order valence-electron chi connectivity index (χ4n) is 1.65. The highest BCUT2D eigenvalue weighted by molar-refractivity contribution is 9.10. The van der Waals surface area contributed by atoms with Gasteiger partial charge in [0.15, 0.2) is 0 Å². The van der Waals surface area contributed by atoms with Crippen LogP contribution >= 0.6 is 15.9 Å². The SMILES string of the molecule is COCCOCCOCCOc1ccc(Br)cc1[C@@H](C)O. The van der Waals surface area contributed by atoms with Crippen molar-refractivity contribution in [1.29, 1.82) is 0 Å². The molecule has 0 aliphatic heterocycles. The molecule has 0 aliphatic rings. The van der Waals surface area contributed by atoms with E-state index in [0.29, 0.717) is 45.4 Å². The van der Waals surface area contributed by atoms with Crippen LogP contribution in [0.2, 0.25) is 0 Å². The molecule has 0 aromatic heterocycles. The maximum atomic E-state index is 9.71. The van der Waals surface area contributed by atoms with E-state index in [1.165, 1.54) is 0 Å². The van der Waals surface area contributed by atoms with E-state index >= 15 is 0 Å². The highest BCUT2D eigenvalue weighted by Gasteiger charge is 2.09. The molecular weight excluding hydrogens is 340 g/mol. The van der Waals surface area contributed by atoms with Gasteiger partial charge in [-0.15, -0.1) is 0 Å². The van der Waals surface area contributed by atoms with Crippen molar-refractivity contribution in [2.75, 3.05) is 46.8 Å². The first kappa shape index (κ1) is 18.4. The molecule has 5 nitrogen and oxygen atoms in total. The summed E-state index contributed by atoms with van der Waals surface area (Å²) >= 11 is 3.38. The van der Waals surface area contributed by atoms with Crippen molar-refractivity contribution in [2.24, 2.45) is 0 Å². The van der Waals surface area contributed by atoms with Gasteiger partial charge in [-0.3, -0.25) is 0 Å². The predicted octanol–water partition coefficient (Wildman–Crippen LogP) is 2.56. The molecule has 0 amide bonds. The molecule has 120 valence electrons. The van der Waals surface area contributed by atoms with E-state index in [4.69, 9.17) is 18.9 Å². The fourth-order valence-corrected chi connectivity index (χ4v) is 2.03. The van der Waals surface area contributed by atoms with Crippen LogP contribution in [0.4, 0.5) is 0 Å². The Bertz CT molecular complexity index is 398. The molecule has 21 heavy (non-hydrogen) atoms. The Kier molecular flexibility index (Phi) is 9.62. The Morgan fingerprint density at radius 3 is 2.29 bits per heavy atom. The predicted molar refractivity (Wildman–Crippen MR) is 83.8 cm³/mol. The lowest BCUT2D eigenvalue weighted by atomic mass is 10.1. The number of ether oxygens (including phenoxy) is 4. The van der Waals surface area contributed by atoms with Crippen LogP contribution in [-0.4, -0.2) is 51.9 Å². The third kappa shape index (κ3) is 7.78. The van der Waals surface area contributed by atoms with Crippen LogP contribution in [-0.2, 0) is 14.2 Å². The summed E-state index contributed by atoms with van der Waals surface area (Å²) in [5.74, 6) is 0.674. The zero-order valence-electron chi connectivity index (χ0n) is 12.5. The molecular formula is C15H23BrO5. The third-order valence-electron chi connectivity index (χ3n) is 2.71. The quantitative estimate of drug-likeness (QED) is 0.613. The topological polar surface area (TPSA) is 57.2 Å². The van der Waals surface area contributed by atoms with Crippen LogP contribution in [0.5, 0.6) is 5.75 Å². The van der Waals surface area contributed by atoms with Gasteiger partial charge < -0.3 is 24.1 Å². The van der Waals surface area contributed by atoms with Crippen molar-refractivity contribution >= 4 is 15.9 Å². The zero-order valence-corrected chi connectivity index (χ0v) is 14.1. The molecule has 1 rings (SSSR count). The molecule has 0 fully saturated rings. The van der Waals surface area contributed by atoms with Crippen LogP contribution in [0.15, 0.2) is 22.7 Å². The molecule has 0 heterocycles. The first-order valence-corrected chi connectivity index (χ1v) is 7.69. The Balaban J connectivity index is 2.18. The van der Waals surface area contributed by atoms with Gasteiger partial charge in [0, 0.05) is 17.1 Å². The molecule has 0 bridgehead atoms. The molecule has 0 radical (unpaired) electrons. The number of benzene rings is 1. The summed E-state index contributed by atoms with van der Waals surface area (Å²) in [5, 5.41) is 9.71. The molecule has 0 saturated carbocycles. The van der Waals surface area contributed by atoms with Crippen molar-refractivity contribution in [1.82, 2.24) is 0 Å². The third-order valence-corrected chi connectivity index (χ3v) is 3.20. The molecule has 0 saturated heterocycles. The summed E-state index contributed by atoms with van der Waals surface area (Å²) in [7, 11) is 1.64. The minimum absolute atomic E-state index is 0.430. The van der Waals surface area contributed by atoms with Crippen LogP contribution < -0.4 is 4.74 Å². The van der Waals surface area contributed by atoms with Gasteiger partial charge in [0.25, 0.3) is 0 Å². The van der Waals surface area contributed by atoms with E-state index in [1.54, 1.807) is 14.0 Å². The zero-order chi connectivity index (χ0) is 15.5. The largest absolute Gasteiger partial charge is 0.491 e. The summed E-state index contributed by atoms with van der Waals surface area (Å²) in [4.78, 5) is 0.